The first kappa shape index (κ1) is 12.4. The van der Waals surface area contributed by atoms with Gasteiger partial charge in [-0.1, -0.05) is 0 Å². The average Bonchev–Trinajstić information content (AvgIpc) is 2.16. The van der Waals surface area contributed by atoms with Crippen LogP contribution in [-0.2, 0) is 4.79 Å². The molecule has 1 aromatic rings. The lowest BCUT2D eigenvalue weighted by Crippen LogP contribution is -2.22. The molecule has 0 heterocycles. The third-order valence-corrected chi connectivity index (χ3v) is 1.87. The molecule has 3 nitrogen and oxygen atoms in total. The highest BCUT2D eigenvalue weighted by atomic mass is 16.5. The van der Waals surface area contributed by atoms with Crippen LogP contribution in [0.2, 0.25) is 0 Å². The largest absolute Gasteiger partial charge is 0.488 e. The Morgan fingerprint density at radius 2 is 1.81 bits per heavy atom. The number of hydrogen-bond acceptors (Lipinski definition) is 3. The number of benzene rings is 1. The maximum absolute atomic E-state index is 11.4. The summed E-state index contributed by atoms with van der Waals surface area (Å²) in [7, 11) is 0. The van der Waals surface area contributed by atoms with Crippen molar-refractivity contribution >= 4 is 12.1 Å². The number of Topliss-reactive ketones (excluding diaryl/α,β-unsaturated/α-hetero) is 1. The second kappa shape index (κ2) is 4.92. The van der Waals surface area contributed by atoms with E-state index in [4.69, 9.17) is 4.74 Å². The van der Waals surface area contributed by atoms with Crippen molar-refractivity contribution in [3.63, 3.8) is 0 Å². The van der Waals surface area contributed by atoms with Gasteiger partial charge in [-0.05, 0) is 45.0 Å². The summed E-state index contributed by atoms with van der Waals surface area (Å²) in [6.07, 6.45) is 0.543. The molecule has 0 bridgehead atoms. The van der Waals surface area contributed by atoms with Gasteiger partial charge in [0.15, 0.2) is 5.78 Å². The Hall–Kier alpha value is -1.64. The van der Waals surface area contributed by atoms with Crippen molar-refractivity contribution in [3.8, 4) is 5.75 Å². The molecule has 86 valence electrons. The molecule has 0 fully saturated rings. The number of carbonyl (C=O) groups excluding carboxylic acids is 2. The number of hydrogen-bond donors (Lipinski definition) is 0. The molecule has 0 N–H and O–H groups in total. The van der Waals surface area contributed by atoms with Gasteiger partial charge in [0.25, 0.3) is 0 Å². The summed E-state index contributed by atoms with van der Waals surface area (Å²) in [5, 5.41) is 0. The van der Waals surface area contributed by atoms with E-state index in [0.29, 0.717) is 11.8 Å². The second-order valence-electron chi connectivity index (χ2n) is 4.53. The van der Waals surface area contributed by atoms with Crippen LogP contribution in [-0.4, -0.2) is 17.7 Å². The highest BCUT2D eigenvalue weighted by Crippen LogP contribution is 2.18. The van der Waals surface area contributed by atoms with Gasteiger partial charge in [-0.3, -0.25) is 4.79 Å². The predicted octanol–water partition coefficient (Wildman–Crippen LogP) is 2.64. The molecule has 0 aromatic heterocycles. The van der Waals surface area contributed by atoms with Crippen LogP contribution in [0.1, 0.15) is 37.6 Å². The summed E-state index contributed by atoms with van der Waals surface area (Å²) in [5.74, 6) is 0.549. The summed E-state index contributed by atoms with van der Waals surface area (Å²) in [4.78, 5) is 21.6. The van der Waals surface area contributed by atoms with Gasteiger partial charge in [-0.25, -0.2) is 0 Å². The summed E-state index contributed by atoms with van der Waals surface area (Å²) in [6, 6.07) is 6.83. The van der Waals surface area contributed by atoms with Gasteiger partial charge < -0.3 is 9.53 Å². The summed E-state index contributed by atoms with van der Waals surface area (Å²) in [5.41, 5.74) is 0.280. The number of ketones is 1. The fraction of sp³-hybridized carbons (Fsp3) is 0.385. The van der Waals surface area contributed by atoms with Crippen LogP contribution in [0.15, 0.2) is 24.3 Å². The molecule has 1 aromatic carbocycles. The molecule has 0 saturated heterocycles. The van der Waals surface area contributed by atoms with Crippen molar-refractivity contribution in [3.05, 3.63) is 29.8 Å². The lowest BCUT2D eigenvalue weighted by atomic mass is 10.1. The molecule has 0 aliphatic carbocycles. The molecule has 0 spiro atoms. The van der Waals surface area contributed by atoms with Crippen LogP contribution in [0.5, 0.6) is 5.75 Å². The van der Waals surface area contributed by atoms with E-state index in [9.17, 15) is 9.59 Å². The smallest absolute Gasteiger partial charge is 0.169 e. The van der Waals surface area contributed by atoms with E-state index >= 15 is 0 Å². The van der Waals surface area contributed by atoms with Crippen LogP contribution in [0, 0.1) is 0 Å². The van der Waals surface area contributed by atoms with Gasteiger partial charge in [0, 0.05) is 5.56 Å². The molecule has 0 amide bonds. The maximum atomic E-state index is 11.4. The first-order chi connectivity index (χ1) is 7.42. The third kappa shape index (κ3) is 3.85. The van der Waals surface area contributed by atoms with Crippen molar-refractivity contribution in [2.75, 3.05) is 0 Å². The molecule has 0 saturated carbocycles. The van der Waals surface area contributed by atoms with Gasteiger partial charge in [0.05, 0.1) is 6.42 Å². The van der Waals surface area contributed by atoms with E-state index in [0.717, 1.165) is 5.75 Å². The van der Waals surface area contributed by atoms with E-state index in [1.54, 1.807) is 24.3 Å². The first-order valence-electron chi connectivity index (χ1n) is 5.18. The van der Waals surface area contributed by atoms with E-state index in [1.165, 1.54) is 0 Å². The molecular weight excluding hydrogens is 204 g/mol. The summed E-state index contributed by atoms with van der Waals surface area (Å²) in [6.45, 7) is 5.87. The number of ether oxygens (including phenoxy) is 1. The molecular formula is C13H16O3. The Balaban J connectivity index is 2.75. The number of rotatable bonds is 4. The minimum absolute atomic E-state index is 0.0700. The highest BCUT2D eigenvalue weighted by Gasteiger charge is 2.12. The van der Waals surface area contributed by atoms with Crippen molar-refractivity contribution in [1.82, 2.24) is 0 Å². The lowest BCUT2D eigenvalue weighted by molar-refractivity contribution is -0.107. The van der Waals surface area contributed by atoms with E-state index in [-0.39, 0.29) is 17.8 Å². The highest BCUT2D eigenvalue weighted by molar-refractivity contribution is 6.02. The Kier molecular flexibility index (Phi) is 3.82. The van der Waals surface area contributed by atoms with Crippen LogP contribution in [0.25, 0.3) is 0 Å². The molecule has 0 atom stereocenters. The summed E-state index contributed by atoms with van der Waals surface area (Å²) >= 11 is 0. The van der Waals surface area contributed by atoms with Gasteiger partial charge in [0.1, 0.15) is 17.6 Å². The van der Waals surface area contributed by atoms with Crippen molar-refractivity contribution in [1.29, 1.82) is 0 Å². The van der Waals surface area contributed by atoms with E-state index < -0.39 is 0 Å². The van der Waals surface area contributed by atoms with Crippen LogP contribution >= 0.6 is 0 Å². The SMILES string of the molecule is CC(C)(C)Oc1ccc(C(=O)CC=O)cc1. The Morgan fingerprint density at radius 1 is 1.25 bits per heavy atom. The van der Waals surface area contributed by atoms with Crippen LogP contribution < -0.4 is 4.74 Å². The monoisotopic (exact) mass is 220 g/mol. The fourth-order valence-corrected chi connectivity index (χ4v) is 1.26. The first-order valence-corrected chi connectivity index (χ1v) is 5.18. The summed E-state index contributed by atoms with van der Waals surface area (Å²) < 4.78 is 5.62. The standard InChI is InChI=1S/C13H16O3/c1-13(2,3)16-11-6-4-10(5-7-11)12(15)8-9-14/h4-7,9H,8H2,1-3H3. The molecule has 0 aliphatic rings. The Morgan fingerprint density at radius 3 is 2.25 bits per heavy atom. The van der Waals surface area contributed by atoms with E-state index in [1.807, 2.05) is 20.8 Å². The van der Waals surface area contributed by atoms with Crippen molar-refractivity contribution < 1.29 is 14.3 Å². The molecule has 1 rings (SSSR count). The molecule has 16 heavy (non-hydrogen) atoms. The molecule has 0 radical (unpaired) electrons. The average molecular weight is 220 g/mol. The number of carbonyl (C=O) groups is 2. The molecule has 3 heteroatoms. The van der Waals surface area contributed by atoms with Crippen LogP contribution in [0.3, 0.4) is 0 Å². The molecule has 0 unspecified atom stereocenters. The van der Waals surface area contributed by atoms with Gasteiger partial charge in [-0.2, -0.15) is 0 Å². The quantitative estimate of drug-likeness (QED) is 0.445. The van der Waals surface area contributed by atoms with Crippen LogP contribution in [0.4, 0.5) is 0 Å². The van der Waals surface area contributed by atoms with Gasteiger partial charge in [-0.15, -0.1) is 0 Å². The zero-order valence-corrected chi connectivity index (χ0v) is 9.82. The fourth-order valence-electron chi connectivity index (χ4n) is 1.26. The lowest BCUT2D eigenvalue weighted by Gasteiger charge is -2.21. The predicted molar refractivity (Wildman–Crippen MR) is 61.8 cm³/mol. The van der Waals surface area contributed by atoms with Crippen molar-refractivity contribution in [2.45, 2.75) is 32.8 Å². The molecule has 0 aliphatic heterocycles. The third-order valence-electron chi connectivity index (χ3n) is 1.87. The van der Waals surface area contributed by atoms with Crippen molar-refractivity contribution in [2.24, 2.45) is 0 Å². The Labute approximate surface area is 95.4 Å². The normalized spacial score (nSPS) is 10.9. The minimum atomic E-state index is -0.256. The zero-order valence-electron chi connectivity index (χ0n) is 9.82. The topological polar surface area (TPSA) is 43.4 Å². The van der Waals surface area contributed by atoms with Gasteiger partial charge >= 0.3 is 0 Å². The van der Waals surface area contributed by atoms with Gasteiger partial charge in [0.2, 0.25) is 0 Å². The maximum Gasteiger partial charge on any atom is 0.169 e. The zero-order chi connectivity index (χ0) is 12.2. The van der Waals surface area contributed by atoms with E-state index in [2.05, 4.69) is 0 Å². The Bertz CT molecular complexity index is 371. The minimum Gasteiger partial charge on any atom is -0.488 e. The number of aldehydes is 1. The second-order valence-corrected chi connectivity index (χ2v) is 4.53.